The van der Waals surface area contributed by atoms with Crippen LogP contribution in [0.5, 0.6) is 0 Å². The number of carbonyl (C=O) groups is 3. The molecule has 0 aliphatic rings. The highest BCUT2D eigenvalue weighted by Gasteiger charge is 2.19. The number of carbonyl (C=O) groups excluding carboxylic acids is 3. The van der Waals surface area contributed by atoms with Crippen molar-refractivity contribution in [2.24, 2.45) is 17.8 Å². The molecule has 338 valence electrons. The van der Waals surface area contributed by atoms with Gasteiger partial charge in [0, 0.05) is 19.3 Å². The van der Waals surface area contributed by atoms with E-state index in [-0.39, 0.29) is 31.1 Å². The van der Waals surface area contributed by atoms with E-state index in [1.54, 1.807) is 0 Å². The van der Waals surface area contributed by atoms with E-state index in [4.69, 9.17) is 14.2 Å². The molecule has 0 aromatic rings. The SMILES string of the molecule is CCC(C)CCCCCCCCCCC(=O)OC[C@@H](COC(=O)CCCCCCCCCCCC(C)C)OC(=O)CCCCCCCCCCCCCCC(C)C. The smallest absolute Gasteiger partial charge is 0.306 e. The number of hydrogen-bond acceptors (Lipinski definition) is 6. The van der Waals surface area contributed by atoms with Crippen molar-refractivity contribution in [1.29, 1.82) is 0 Å². The number of hydrogen-bond donors (Lipinski definition) is 0. The van der Waals surface area contributed by atoms with Crippen LogP contribution in [0.15, 0.2) is 0 Å². The highest BCUT2D eigenvalue weighted by molar-refractivity contribution is 5.71. The lowest BCUT2D eigenvalue weighted by Crippen LogP contribution is -2.30. The Bertz CT molecular complexity index is 885. The summed E-state index contributed by atoms with van der Waals surface area (Å²) in [7, 11) is 0. The molecule has 0 spiro atoms. The summed E-state index contributed by atoms with van der Waals surface area (Å²) in [5.74, 6) is 1.63. The third-order valence-corrected chi connectivity index (χ3v) is 11.8. The van der Waals surface area contributed by atoms with E-state index in [9.17, 15) is 14.4 Å². The summed E-state index contributed by atoms with van der Waals surface area (Å²) < 4.78 is 16.8. The molecule has 6 nitrogen and oxygen atoms in total. The molecular weight excluding hydrogens is 709 g/mol. The van der Waals surface area contributed by atoms with Crippen LogP contribution < -0.4 is 0 Å². The van der Waals surface area contributed by atoms with E-state index in [0.29, 0.717) is 19.3 Å². The fraction of sp³-hybridized carbons (Fsp3) is 0.941. The zero-order chi connectivity index (χ0) is 42.0. The lowest BCUT2D eigenvalue weighted by molar-refractivity contribution is -0.167. The largest absolute Gasteiger partial charge is 0.462 e. The zero-order valence-electron chi connectivity index (χ0n) is 39.1. The number of esters is 3. The third-order valence-electron chi connectivity index (χ3n) is 11.8. The molecule has 0 bridgehead atoms. The average Bonchev–Trinajstić information content (AvgIpc) is 3.18. The first-order chi connectivity index (χ1) is 27.6. The van der Waals surface area contributed by atoms with Gasteiger partial charge in [-0.3, -0.25) is 14.4 Å². The van der Waals surface area contributed by atoms with Crippen LogP contribution in [0.3, 0.4) is 0 Å². The normalized spacial score (nSPS) is 12.6. The Hall–Kier alpha value is -1.59. The van der Waals surface area contributed by atoms with Gasteiger partial charge in [-0.05, 0) is 37.0 Å². The van der Waals surface area contributed by atoms with Crippen LogP contribution in [-0.2, 0) is 28.6 Å². The molecule has 0 rings (SSSR count). The first-order valence-corrected chi connectivity index (χ1v) is 25.1. The molecule has 0 fully saturated rings. The van der Waals surface area contributed by atoms with Crippen LogP contribution in [0.4, 0.5) is 0 Å². The Labute approximate surface area is 355 Å². The Morgan fingerprint density at radius 1 is 0.351 bits per heavy atom. The summed E-state index contributed by atoms with van der Waals surface area (Å²) in [5.41, 5.74) is 0. The summed E-state index contributed by atoms with van der Waals surface area (Å²) in [6, 6.07) is 0. The minimum atomic E-state index is -0.763. The summed E-state index contributed by atoms with van der Waals surface area (Å²) in [4.78, 5) is 37.9. The minimum Gasteiger partial charge on any atom is -0.462 e. The monoisotopic (exact) mass is 807 g/mol. The van der Waals surface area contributed by atoms with Gasteiger partial charge in [0.15, 0.2) is 6.10 Å². The summed E-state index contributed by atoms with van der Waals surface area (Å²) in [5, 5.41) is 0. The fourth-order valence-electron chi connectivity index (χ4n) is 7.55. The van der Waals surface area contributed by atoms with Crippen molar-refractivity contribution in [3.63, 3.8) is 0 Å². The summed E-state index contributed by atoms with van der Waals surface area (Å²) in [6.07, 6.45) is 40.8. The fourth-order valence-corrected chi connectivity index (χ4v) is 7.55. The van der Waals surface area contributed by atoms with Gasteiger partial charge in [-0.15, -0.1) is 0 Å². The van der Waals surface area contributed by atoms with Gasteiger partial charge in [-0.2, -0.15) is 0 Å². The molecule has 0 radical (unpaired) electrons. The third kappa shape index (κ3) is 43.8. The molecule has 0 heterocycles. The molecule has 0 aliphatic heterocycles. The van der Waals surface area contributed by atoms with Crippen LogP contribution in [0.1, 0.15) is 273 Å². The van der Waals surface area contributed by atoms with Crippen molar-refractivity contribution >= 4 is 17.9 Å². The minimum absolute atomic E-state index is 0.0655. The van der Waals surface area contributed by atoms with Gasteiger partial charge < -0.3 is 14.2 Å². The van der Waals surface area contributed by atoms with Crippen molar-refractivity contribution in [1.82, 2.24) is 0 Å². The van der Waals surface area contributed by atoms with Gasteiger partial charge in [0.2, 0.25) is 0 Å². The molecule has 57 heavy (non-hydrogen) atoms. The molecule has 0 aromatic heterocycles. The Morgan fingerprint density at radius 2 is 0.614 bits per heavy atom. The van der Waals surface area contributed by atoms with Gasteiger partial charge in [-0.25, -0.2) is 0 Å². The molecular formula is C51H98O6. The van der Waals surface area contributed by atoms with Crippen LogP contribution in [0.25, 0.3) is 0 Å². The second kappa shape index (κ2) is 42.5. The Morgan fingerprint density at radius 3 is 0.912 bits per heavy atom. The van der Waals surface area contributed by atoms with Crippen LogP contribution in [0, 0.1) is 17.8 Å². The van der Waals surface area contributed by atoms with Crippen molar-refractivity contribution in [2.75, 3.05) is 13.2 Å². The van der Waals surface area contributed by atoms with E-state index in [1.165, 1.54) is 154 Å². The van der Waals surface area contributed by atoms with Crippen LogP contribution >= 0.6 is 0 Å². The van der Waals surface area contributed by atoms with Crippen molar-refractivity contribution < 1.29 is 28.6 Å². The molecule has 6 heteroatoms. The van der Waals surface area contributed by atoms with Crippen LogP contribution in [-0.4, -0.2) is 37.2 Å². The summed E-state index contributed by atoms with van der Waals surface area (Å²) in [6.45, 7) is 13.7. The second-order valence-electron chi connectivity index (χ2n) is 18.6. The molecule has 0 saturated carbocycles. The maximum absolute atomic E-state index is 12.8. The van der Waals surface area contributed by atoms with Crippen molar-refractivity contribution in [3.8, 4) is 0 Å². The Kier molecular flexibility index (Phi) is 41.3. The molecule has 0 aliphatic carbocycles. The van der Waals surface area contributed by atoms with E-state index >= 15 is 0 Å². The molecule has 0 saturated heterocycles. The van der Waals surface area contributed by atoms with Gasteiger partial charge in [0.1, 0.15) is 13.2 Å². The van der Waals surface area contributed by atoms with E-state index in [1.807, 2.05) is 0 Å². The quantitative estimate of drug-likeness (QED) is 0.0347. The van der Waals surface area contributed by atoms with Gasteiger partial charge in [0.25, 0.3) is 0 Å². The topological polar surface area (TPSA) is 78.9 Å². The molecule has 0 aromatic carbocycles. The van der Waals surface area contributed by atoms with E-state index in [0.717, 1.165) is 75.5 Å². The number of unbranched alkanes of at least 4 members (excludes halogenated alkanes) is 26. The predicted molar refractivity (Wildman–Crippen MR) is 243 cm³/mol. The summed E-state index contributed by atoms with van der Waals surface area (Å²) >= 11 is 0. The highest BCUT2D eigenvalue weighted by Crippen LogP contribution is 2.18. The molecule has 2 atom stereocenters. The molecule has 0 N–H and O–H groups in total. The number of rotatable bonds is 44. The first kappa shape index (κ1) is 55.4. The highest BCUT2D eigenvalue weighted by atomic mass is 16.6. The Balaban J connectivity index is 4.34. The van der Waals surface area contributed by atoms with Crippen LogP contribution in [0.2, 0.25) is 0 Å². The first-order valence-electron chi connectivity index (χ1n) is 25.1. The van der Waals surface area contributed by atoms with E-state index in [2.05, 4.69) is 41.5 Å². The van der Waals surface area contributed by atoms with Gasteiger partial charge >= 0.3 is 17.9 Å². The van der Waals surface area contributed by atoms with Gasteiger partial charge in [-0.1, -0.05) is 234 Å². The number of ether oxygens (including phenoxy) is 3. The van der Waals surface area contributed by atoms with Crippen molar-refractivity contribution in [3.05, 3.63) is 0 Å². The maximum Gasteiger partial charge on any atom is 0.306 e. The standard InChI is InChI=1S/C51H98O6/c1-7-47(6)39-33-27-21-17-18-23-29-35-41-50(53)56-44-48(43-55-49(52)40-34-28-22-16-12-14-20-26-32-38-46(4)5)57-51(54)42-36-30-24-15-11-9-8-10-13-19-25-31-37-45(2)3/h45-48H,7-44H2,1-6H3/t47?,48-/m1/s1. The maximum atomic E-state index is 12.8. The lowest BCUT2D eigenvalue weighted by atomic mass is 9.99. The van der Waals surface area contributed by atoms with Crippen molar-refractivity contribution in [2.45, 2.75) is 279 Å². The second-order valence-corrected chi connectivity index (χ2v) is 18.6. The zero-order valence-corrected chi connectivity index (χ0v) is 39.1. The average molecular weight is 807 g/mol. The molecule has 0 amide bonds. The predicted octanol–water partition coefficient (Wildman–Crippen LogP) is 16.0. The molecule has 1 unspecified atom stereocenters. The van der Waals surface area contributed by atoms with Gasteiger partial charge in [0.05, 0.1) is 0 Å². The lowest BCUT2D eigenvalue weighted by Gasteiger charge is -2.18. The van der Waals surface area contributed by atoms with E-state index < -0.39 is 6.10 Å².